The van der Waals surface area contributed by atoms with Crippen LogP contribution in [-0.2, 0) is 38.5 Å². The van der Waals surface area contributed by atoms with Crippen molar-refractivity contribution >= 4 is 0 Å². The monoisotopic (exact) mass is 1440 g/mol. The Morgan fingerprint density at radius 3 is 0.435 bits per heavy atom. The van der Waals surface area contributed by atoms with Gasteiger partial charge in [-0.25, -0.2) is 0 Å². The summed E-state index contributed by atoms with van der Waals surface area (Å²) in [5.41, 5.74) is 26.1. The Morgan fingerprint density at radius 1 is 0.148 bits per heavy atom. The summed E-state index contributed by atoms with van der Waals surface area (Å²) < 4.78 is 0. The topological polar surface area (TPSA) is 77.3 Å². The number of rotatable bonds is 51. The summed E-state index contributed by atoms with van der Waals surface area (Å²) in [6.45, 7) is 13.8. The Morgan fingerprint density at radius 2 is 0.278 bits per heavy atom. The standard InChI is InChI=1S/C102H132N6/c1-7-13-19-25-31-37-49-91-55-43-61-97(103-91)85-70-82(71-86(76-85)98-62-44-56-92(104-98)50-38-32-26-20-14-8-2)79-67-80(83-72-87(99-63-45-57-93(105-99)51-39-33-27-21-15-9-3)77-88(73-83)100-64-46-58-94(106-100)52-40-34-28-22-16-10-4)69-81(68-79)84-74-89(101-65-47-59-95(107-101)53-41-35-29-23-17-11-5)78-90(75-84)102-66-48-60-96(108-102)54-42-36-30-24-18-12-6/h43-48,55-78H,7-42,49-54H2,1-6H3. The molecule has 0 aliphatic carbocycles. The van der Waals surface area contributed by atoms with Crippen molar-refractivity contribution in [3.63, 3.8) is 0 Å². The van der Waals surface area contributed by atoms with Crippen LogP contribution in [0, 0.1) is 0 Å². The summed E-state index contributed by atoms with van der Waals surface area (Å²) in [5.74, 6) is 0. The molecule has 0 spiro atoms. The molecule has 6 heterocycles. The molecule has 6 heteroatoms. The van der Waals surface area contributed by atoms with Crippen molar-refractivity contribution in [2.24, 2.45) is 0 Å². The summed E-state index contributed by atoms with van der Waals surface area (Å²) in [7, 11) is 0. The van der Waals surface area contributed by atoms with E-state index in [1.54, 1.807) is 0 Å². The second-order valence-corrected chi connectivity index (χ2v) is 31.4. The maximum Gasteiger partial charge on any atom is 0.0705 e. The number of hydrogen-bond acceptors (Lipinski definition) is 6. The average Bonchev–Trinajstić information content (AvgIpc) is 0.772. The maximum atomic E-state index is 5.53. The average molecular weight is 1440 g/mol. The lowest BCUT2D eigenvalue weighted by Gasteiger charge is -2.17. The fraction of sp³-hybridized carbons (Fsp3) is 0.471. The molecule has 10 rings (SSSR count). The van der Waals surface area contributed by atoms with Crippen LogP contribution in [-0.4, -0.2) is 29.9 Å². The molecule has 0 amide bonds. The van der Waals surface area contributed by atoms with E-state index in [1.165, 1.54) is 193 Å². The number of pyridine rings is 6. The highest BCUT2D eigenvalue weighted by Crippen LogP contribution is 2.42. The van der Waals surface area contributed by atoms with Crippen molar-refractivity contribution in [1.82, 2.24) is 29.9 Å². The molecule has 0 saturated carbocycles. The highest BCUT2D eigenvalue weighted by atomic mass is 14.7. The highest BCUT2D eigenvalue weighted by Gasteiger charge is 2.19. The summed E-state index contributed by atoms with van der Waals surface area (Å²) in [6, 6.07) is 69.0. The molecule has 6 aromatic heterocycles. The number of aryl methyl sites for hydroxylation is 6. The van der Waals surface area contributed by atoms with Crippen LogP contribution >= 0.6 is 0 Å². The predicted molar refractivity (Wildman–Crippen MR) is 465 cm³/mol. The summed E-state index contributed by atoms with van der Waals surface area (Å²) in [6.07, 6.45) is 51.0. The van der Waals surface area contributed by atoms with E-state index in [4.69, 9.17) is 29.9 Å². The van der Waals surface area contributed by atoms with E-state index in [1.807, 2.05) is 0 Å². The van der Waals surface area contributed by atoms with Gasteiger partial charge in [-0.15, -0.1) is 0 Å². The van der Waals surface area contributed by atoms with Crippen molar-refractivity contribution in [3.8, 4) is 101 Å². The van der Waals surface area contributed by atoms with Gasteiger partial charge >= 0.3 is 0 Å². The largest absolute Gasteiger partial charge is 0.253 e. The predicted octanol–water partition coefficient (Wildman–Crippen LogP) is 30.5. The Bertz CT molecular complexity index is 3580. The van der Waals surface area contributed by atoms with E-state index < -0.39 is 0 Å². The van der Waals surface area contributed by atoms with Crippen molar-refractivity contribution in [1.29, 1.82) is 0 Å². The van der Waals surface area contributed by atoms with Crippen LogP contribution in [0.25, 0.3) is 101 Å². The molecule has 0 aliphatic rings. The molecule has 0 radical (unpaired) electrons. The van der Waals surface area contributed by atoms with Gasteiger partial charge in [0.05, 0.1) is 34.2 Å². The molecule has 0 N–H and O–H groups in total. The fourth-order valence-corrected chi connectivity index (χ4v) is 15.6. The Hall–Kier alpha value is -8.22. The van der Waals surface area contributed by atoms with Gasteiger partial charge < -0.3 is 0 Å². The van der Waals surface area contributed by atoms with E-state index in [0.717, 1.165) is 212 Å². The third-order valence-corrected chi connectivity index (χ3v) is 22.1. The van der Waals surface area contributed by atoms with Crippen LogP contribution in [0.1, 0.15) is 307 Å². The van der Waals surface area contributed by atoms with E-state index in [2.05, 4.69) is 224 Å². The Labute approximate surface area is 654 Å². The summed E-state index contributed by atoms with van der Waals surface area (Å²) >= 11 is 0. The Balaban J connectivity index is 1.17. The molecule has 0 bridgehead atoms. The van der Waals surface area contributed by atoms with Gasteiger partial charge in [-0.3, -0.25) is 29.9 Å². The quantitative estimate of drug-likeness (QED) is 0.0354. The number of aromatic nitrogens is 6. The number of hydrogen-bond donors (Lipinski definition) is 0. The molecular formula is C102H132N6. The van der Waals surface area contributed by atoms with Gasteiger partial charge in [0.2, 0.25) is 0 Å². The lowest BCUT2D eigenvalue weighted by atomic mass is 9.88. The van der Waals surface area contributed by atoms with E-state index >= 15 is 0 Å². The third-order valence-electron chi connectivity index (χ3n) is 22.1. The van der Waals surface area contributed by atoms with Crippen LogP contribution in [0.5, 0.6) is 0 Å². The highest BCUT2D eigenvalue weighted by molar-refractivity contribution is 5.89. The first-order chi connectivity index (χ1) is 53.3. The van der Waals surface area contributed by atoms with E-state index in [0.29, 0.717) is 0 Å². The normalized spacial score (nSPS) is 11.5. The van der Waals surface area contributed by atoms with Gasteiger partial charge in [-0.1, -0.05) is 271 Å². The molecule has 0 fully saturated rings. The zero-order valence-corrected chi connectivity index (χ0v) is 67.7. The Kier molecular flexibility index (Phi) is 35.8. The lowest BCUT2D eigenvalue weighted by molar-refractivity contribution is 0.605. The molecule has 108 heavy (non-hydrogen) atoms. The fourth-order valence-electron chi connectivity index (χ4n) is 15.6. The minimum absolute atomic E-state index is 0.970. The molecule has 6 nitrogen and oxygen atoms in total. The van der Waals surface area contributed by atoms with Crippen LogP contribution in [0.15, 0.2) is 182 Å². The minimum Gasteiger partial charge on any atom is -0.253 e. The number of nitrogens with zero attached hydrogens (tertiary/aromatic N) is 6. The van der Waals surface area contributed by atoms with Crippen molar-refractivity contribution < 1.29 is 0 Å². The first-order valence-electron chi connectivity index (χ1n) is 43.7. The molecule has 4 aromatic carbocycles. The molecule has 0 atom stereocenters. The van der Waals surface area contributed by atoms with Crippen molar-refractivity contribution in [2.45, 2.75) is 311 Å². The van der Waals surface area contributed by atoms with Gasteiger partial charge in [0.1, 0.15) is 0 Å². The van der Waals surface area contributed by atoms with Crippen LogP contribution in [0.3, 0.4) is 0 Å². The van der Waals surface area contributed by atoms with Gasteiger partial charge in [-0.05, 0) is 256 Å². The molecule has 0 unspecified atom stereocenters. The second kappa shape index (κ2) is 47.0. The lowest BCUT2D eigenvalue weighted by Crippen LogP contribution is -1.97. The van der Waals surface area contributed by atoms with Crippen LogP contribution in [0.4, 0.5) is 0 Å². The van der Waals surface area contributed by atoms with E-state index in [-0.39, 0.29) is 0 Å². The SMILES string of the molecule is CCCCCCCCc1cccc(-c2cc(-c3cc(-c4cc(-c5cccc(CCCCCCCC)n5)cc(-c5cccc(CCCCCCCC)n5)c4)cc(-c4cc(-c5cccc(CCCCCCCC)n5)cc(-c5cccc(CCCCCCCC)n5)c4)c3)cc(-c3cccc(CCCCCCCC)n3)c2)n1. The van der Waals surface area contributed by atoms with Gasteiger partial charge in [0.15, 0.2) is 0 Å². The number of benzene rings is 4. The molecular weight excluding hydrogens is 1310 g/mol. The van der Waals surface area contributed by atoms with Crippen LogP contribution < -0.4 is 0 Å². The zero-order chi connectivity index (χ0) is 75.0. The molecule has 0 aliphatic heterocycles. The van der Waals surface area contributed by atoms with Crippen LogP contribution in [0.2, 0.25) is 0 Å². The maximum absolute atomic E-state index is 5.53. The molecule has 0 saturated heterocycles. The molecule has 10 aromatic rings. The second-order valence-electron chi connectivity index (χ2n) is 31.4. The van der Waals surface area contributed by atoms with Gasteiger partial charge in [0.25, 0.3) is 0 Å². The first kappa shape index (κ1) is 82.3. The van der Waals surface area contributed by atoms with Gasteiger partial charge in [0, 0.05) is 67.5 Å². The van der Waals surface area contributed by atoms with E-state index in [9.17, 15) is 0 Å². The van der Waals surface area contributed by atoms with Gasteiger partial charge in [-0.2, -0.15) is 0 Å². The summed E-state index contributed by atoms with van der Waals surface area (Å²) in [4.78, 5) is 33.2. The third kappa shape index (κ3) is 27.1. The van der Waals surface area contributed by atoms with Crippen molar-refractivity contribution in [2.75, 3.05) is 0 Å². The molecule has 570 valence electrons. The zero-order valence-electron chi connectivity index (χ0n) is 67.7. The smallest absolute Gasteiger partial charge is 0.0705 e. The number of unbranched alkanes of at least 4 members (excludes halogenated alkanes) is 30. The van der Waals surface area contributed by atoms with Crippen molar-refractivity contribution in [3.05, 3.63) is 216 Å². The summed E-state index contributed by atoms with van der Waals surface area (Å²) in [5, 5.41) is 0. The minimum atomic E-state index is 0.970. The first-order valence-corrected chi connectivity index (χ1v) is 43.7.